The minimum atomic E-state index is 0. The minimum absolute atomic E-state index is 0. The second-order valence-electron chi connectivity index (χ2n) is 5.32. The molecule has 0 spiro atoms. The number of benzene rings is 1. The van der Waals surface area contributed by atoms with E-state index in [1.54, 1.807) is 7.11 Å². The van der Waals surface area contributed by atoms with Crippen LogP contribution in [0.15, 0.2) is 34.7 Å². The molecular formula is C18H25Cl2N2O2-. The van der Waals surface area contributed by atoms with E-state index in [-0.39, 0.29) is 12.4 Å². The zero-order valence-electron chi connectivity index (χ0n) is 14.4. The van der Waals surface area contributed by atoms with E-state index in [9.17, 15) is 0 Å². The maximum Gasteiger partial charge on any atom is 0.137 e. The van der Waals surface area contributed by atoms with Crippen LogP contribution in [0.1, 0.15) is 19.6 Å². The Bertz CT molecular complexity index is 613. The summed E-state index contributed by atoms with van der Waals surface area (Å²) >= 11 is 6.16. The number of furan rings is 1. The molecule has 0 aliphatic heterocycles. The van der Waals surface area contributed by atoms with Crippen LogP contribution in [0.5, 0.6) is 5.75 Å². The standard InChI is InChI=1S/C18H25ClN2O2.ClH/c1-4-21(5-2)11-10-20-13-15-7-9-17(23-15)14-6-8-18(22-3)16(19)12-14;/h6-9,12,20H,4-5,10-11,13H2,1-3H3;1H/p-1. The molecule has 4 nitrogen and oxygen atoms in total. The Hall–Kier alpha value is -1.20. The van der Waals surface area contributed by atoms with Crippen LogP contribution in [0, 0.1) is 0 Å². The smallest absolute Gasteiger partial charge is 0.137 e. The van der Waals surface area contributed by atoms with Gasteiger partial charge in [0.2, 0.25) is 0 Å². The van der Waals surface area contributed by atoms with Crippen molar-refractivity contribution in [3.05, 3.63) is 41.1 Å². The van der Waals surface area contributed by atoms with Gasteiger partial charge < -0.3 is 31.8 Å². The zero-order valence-corrected chi connectivity index (χ0v) is 16.0. The summed E-state index contributed by atoms with van der Waals surface area (Å²) < 4.78 is 11.1. The van der Waals surface area contributed by atoms with E-state index in [0.717, 1.165) is 49.8 Å². The minimum Gasteiger partial charge on any atom is -1.00 e. The van der Waals surface area contributed by atoms with Crippen LogP contribution in [0.25, 0.3) is 11.3 Å². The third kappa shape index (κ3) is 5.71. The van der Waals surface area contributed by atoms with Crippen LogP contribution >= 0.6 is 11.6 Å². The number of nitrogens with one attached hydrogen (secondary N) is 1. The van der Waals surface area contributed by atoms with Gasteiger partial charge >= 0.3 is 0 Å². The molecule has 6 heteroatoms. The fourth-order valence-corrected chi connectivity index (χ4v) is 2.69. The highest BCUT2D eigenvalue weighted by atomic mass is 35.5. The van der Waals surface area contributed by atoms with E-state index < -0.39 is 0 Å². The molecule has 24 heavy (non-hydrogen) atoms. The third-order valence-corrected chi connectivity index (χ3v) is 4.19. The third-order valence-electron chi connectivity index (χ3n) is 3.90. The number of halogens is 2. The quantitative estimate of drug-likeness (QED) is 0.668. The highest BCUT2D eigenvalue weighted by molar-refractivity contribution is 6.32. The monoisotopic (exact) mass is 371 g/mol. The number of hydrogen-bond donors (Lipinski definition) is 1. The Labute approximate surface area is 155 Å². The first kappa shape index (κ1) is 20.8. The molecule has 1 aromatic carbocycles. The van der Waals surface area contributed by atoms with Crippen molar-refractivity contribution < 1.29 is 21.6 Å². The van der Waals surface area contributed by atoms with E-state index in [1.807, 2.05) is 30.3 Å². The zero-order chi connectivity index (χ0) is 16.7. The molecule has 0 fully saturated rings. The van der Waals surface area contributed by atoms with Gasteiger partial charge in [-0.25, -0.2) is 0 Å². The highest BCUT2D eigenvalue weighted by Gasteiger charge is 2.08. The van der Waals surface area contributed by atoms with E-state index in [1.165, 1.54) is 0 Å². The fourth-order valence-electron chi connectivity index (χ4n) is 2.44. The van der Waals surface area contributed by atoms with Crippen LogP contribution < -0.4 is 22.5 Å². The van der Waals surface area contributed by atoms with Gasteiger partial charge in [0.05, 0.1) is 18.7 Å². The molecular weight excluding hydrogens is 347 g/mol. The molecule has 0 atom stereocenters. The SMILES string of the molecule is CCN(CC)CCNCc1ccc(-c2ccc(OC)c(Cl)c2)o1.[Cl-]. The molecule has 2 aromatic rings. The maximum absolute atomic E-state index is 6.16. The van der Waals surface area contributed by atoms with Gasteiger partial charge in [-0.2, -0.15) is 0 Å². The first-order chi connectivity index (χ1) is 11.2. The topological polar surface area (TPSA) is 37.6 Å². The van der Waals surface area contributed by atoms with Crippen molar-refractivity contribution >= 4 is 11.6 Å². The molecule has 0 aliphatic rings. The van der Waals surface area contributed by atoms with Crippen LogP contribution in [0.4, 0.5) is 0 Å². The predicted octanol–water partition coefficient (Wildman–Crippen LogP) is 1.04. The van der Waals surface area contributed by atoms with Crippen LogP contribution in [-0.4, -0.2) is 38.2 Å². The van der Waals surface area contributed by atoms with Crippen molar-refractivity contribution in [3.8, 4) is 17.1 Å². The Morgan fingerprint density at radius 1 is 1.17 bits per heavy atom. The molecule has 0 saturated heterocycles. The molecule has 0 bridgehead atoms. The molecule has 0 saturated carbocycles. The van der Waals surface area contributed by atoms with E-state index >= 15 is 0 Å². The summed E-state index contributed by atoms with van der Waals surface area (Å²) in [6.07, 6.45) is 0. The van der Waals surface area contributed by atoms with Crippen LogP contribution in [0.2, 0.25) is 5.02 Å². The van der Waals surface area contributed by atoms with E-state index in [4.69, 9.17) is 20.8 Å². The summed E-state index contributed by atoms with van der Waals surface area (Å²) in [5.41, 5.74) is 0.949. The van der Waals surface area contributed by atoms with Gasteiger partial charge in [0.25, 0.3) is 0 Å². The summed E-state index contributed by atoms with van der Waals surface area (Å²) in [6, 6.07) is 9.62. The van der Waals surface area contributed by atoms with Gasteiger partial charge in [0, 0.05) is 18.7 Å². The van der Waals surface area contributed by atoms with Crippen LogP contribution in [0.3, 0.4) is 0 Å². The molecule has 1 aromatic heterocycles. The van der Waals surface area contributed by atoms with Crippen molar-refractivity contribution in [3.63, 3.8) is 0 Å². The van der Waals surface area contributed by atoms with Crippen molar-refractivity contribution in [2.24, 2.45) is 0 Å². The number of methoxy groups -OCH3 is 1. The number of hydrogen-bond acceptors (Lipinski definition) is 4. The second kappa shape index (κ2) is 10.6. The van der Waals surface area contributed by atoms with Gasteiger partial charge in [0.1, 0.15) is 17.3 Å². The summed E-state index contributed by atoms with van der Waals surface area (Å²) in [5.74, 6) is 2.40. The van der Waals surface area contributed by atoms with Gasteiger partial charge in [-0.05, 0) is 43.4 Å². The Kier molecular flexibility index (Phi) is 9.22. The molecule has 1 N–H and O–H groups in total. The number of ether oxygens (including phenoxy) is 1. The lowest BCUT2D eigenvalue weighted by atomic mass is 10.2. The lowest BCUT2D eigenvalue weighted by molar-refractivity contribution is -0.00000564. The maximum atomic E-state index is 6.16. The van der Waals surface area contributed by atoms with Crippen molar-refractivity contribution in [2.45, 2.75) is 20.4 Å². The number of likely N-dealkylation sites (N-methyl/N-ethyl adjacent to an activating group) is 1. The summed E-state index contributed by atoms with van der Waals surface area (Å²) in [7, 11) is 1.61. The molecule has 0 unspecified atom stereocenters. The normalized spacial score (nSPS) is 10.7. The average Bonchev–Trinajstić information content (AvgIpc) is 3.04. The Balaban J connectivity index is 0.00000288. The lowest BCUT2D eigenvalue weighted by Crippen LogP contribution is -3.00. The molecule has 2 rings (SSSR count). The van der Waals surface area contributed by atoms with Gasteiger partial charge in [-0.3, -0.25) is 0 Å². The summed E-state index contributed by atoms with van der Waals surface area (Å²) in [4.78, 5) is 2.39. The predicted molar refractivity (Wildman–Crippen MR) is 95.2 cm³/mol. The second-order valence-corrected chi connectivity index (χ2v) is 5.73. The molecule has 134 valence electrons. The van der Waals surface area contributed by atoms with E-state index in [0.29, 0.717) is 10.8 Å². The largest absolute Gasteiger partial charge is 1.00 e. The van der Waals surface area contributed by atoms with Crippen LogP contribution in [-0.2, 0) is 6.54 Å². The number of nitrogens with zero attached hydrogens (tertiary/aromatic N) is 1. The van der Waals surface area contributed by atoms with Crippen molar-refractivity contribution in [2.75, 3.05) is 33.3 Å². The number of rotatable bonds is 9. The van der Waals surface area contributed by atoms with Gasteiger partial charge in [-0.15, -0.1) is 0 Å². The fraction of sp³-hybridized carbons (Fsp3) is 0.444. The van der Waals surface area contributed by atoms with E-state index in [2.05, 4.69) is 24.1 Å². The molecule has 0 radical (unpaired) electrons. The van der Waals surface area contributed by atoms with Gasteiger partial charge in [-0.1, -0.05) is 25.4 Å². The first-order valence-electron chi connectivity index (χ1n) is 8.03. The van der Waals surface area contributed by atoms with Crippen molar-refractivity contribution in [1.82, 2.24) is 10.2 Å². The average molecular weight is 372 g/mol. The van der Waals surface area contributed by atoms with Gasteiger partial charge in [0.15, 0.2) is 0 Å². The molecule has 0 aliphatic carbocycles. The lowest BCUT2D eigenvalue weighted by Gasteiger charge is -2.17. The summed E-state index contributed by atoms with van der Waals surface area (Å²) in [5, 5.41) is 4.00. The molecule has 0 amide bonds. The molecule has 1 heterocycles. The summed E-state index contributed by atoms with van der Waals surface area (Å²) in [6.45, 7) is 9.26. The Morgan fingerprint density at radius 2 is 1.92 bits per heavy atom. The van der Waals surface area contributed by atoms with Crippen molar-refractivity contribution in [1.29, 1.82) is 0 Å². The highest BCUT2D eigenvalue weighted by Crippen LogP contribution is 2.31. The Morgan fingerprint density at radius 3 is 2.54 bits per heavy atom. The first-order valence-corrected chi connectivity index (χ1v) is 8.41.